The van der Waals surface area contributed by atoms with Gasteiger partial charge in [-0.05, 0) is 62.2 Å². The van der Waals surface area contributed by atoms with Crippen molar-refractivity contribution in [2.24, 2.45) is 5.92 Å². The number of hydrogen-bond donors (Lipinski definition) is 2. The van der Waals surface area contributed by atoms with E-state index >= 15 is 0 Å². The third-order valence-corrected chi connectivity index (χ3v) is 5.66. The molecule has 1 aliphatic heterocycles. The van der Waals surface area contributed by atoms with Gasteiger partial charge in [-0.25, -0.2) is 19.2 Å². The maximum atomic E-state index is 14.7. The third kappa shape index (κ3) is 6.58. The fourth-order valence-electron chi connectivity index (χ4n) is 3.71. The van der Waals surface area contributed by atoms with Crippen LogP contribution < -0.4 is 5.32 Å². The second-order valence-corrected chi connectivity index (χ2v) is 8.04. The molecule has 7 heteroatoms. The average Bonchev–Trinajstić information content (AvgIpc) is 2.84. The van der Waals surface area contributed by atoms with E-state index in [-0.39, 0.29) is 11.4 Å². The van der Waals surface area contributed by atoms with E-state index in [0.29, 0.717) is 29.4 Å². The van der Waals surface area contributed by atoms with Gasteiger partial charge in [0.1, 0.15) is 5.82 Å². The molecule has 2 aromatic carbocycles. The van der Waals surface area contributed by atoms with E-state index in [0.717, 1.165) is 37.4 Å². The molecule has 174 valence electrons. The Balaban J connectivity index is 0.00000149. The predicted molar refractivity (Wildman–Crippen MR) is 129 cm³/mol. The van der Waals surface area contributed by atoms with Crippen LogP contribution in [0.3, 0.4) is 0 Å². The molecule has 0 atom stereocenters. The quantitative estimate of drug-likeness (QED) is 0.481. The number of nitrogens with one attached hydrogen (secondary N) is 1. The summed E-state index contributed by atoms with van der Waals surface area (Å²) >= 11 is 0. The lowest BCUT2D eigenvalue weighted by atomic mass is 9.99. The minimum atomic E-state index is -0.975. The number of hydrogen-bond acceptors (Lipinski definition) is 5. The van der Waals surface area contributed by atoms with E-state index in [4.69, 9.17) is 5.11 Å². The molecule has 0 unspecified atom stereocenters. The van der Waals surface area contributed by atoms with Crippen LogP contribution in [0.1, 0.15) is 49.5 Å². The molecular formula is C26H31FN4O2. The van der Waals surface area contributed by atoms with E-state index in [1.165, 1.54) is 18.2 Å². The first-order valence-electron chi connectivity index (χ1n) is 11.4. The Morgan fingerprint density at radius 1 is 1.12 bits per heavy atom. The number of carbonyl (C=O) groups is 1. The van der Waals surface area contributed by atoms with Gasteiger partial charge in [0.15, 0.2) is 0 Å². The molecule has 0 spiro atoms. The first-order chi connectivity index (χ1) is 16.0. The van der Waals surface area contributed by atoms with Crippen molar-refractivity contribution in [3.8, 4) is 11.3 Å². The molecular weight excluding hydrogens is 419 g/mol. The molecule has 33 heavy (non-hydrogen) atoms. The van der Waals surface area contributed by atoms with Crippen LogP contribution in [0, 0.1) is 11.7 Å². The first-order valence-corrected chi connectivity index (χ1v) is 11.4. The summed E-state index contributed by atoms with van der Waals surface area (Å²) in [6.45, 7) is 8.90. The van der Waals surface area contributed by atoms with Gasteiger partial charge in [-0.1, -0.05) is 39.0 Å². The summed E-state index contributed by atoms with van der Waals surface area (Å²) in [5, 5.41) is 12.1. The monoisotopic (exact) mass is 450 g/mol. The molecule has 4 rings (SSSR count). The fourth-order valence-corrected chi connectivity index (χ4v) is 3.71. The first kappa shape index (κ1) is 24.3. The van der Waals surface area contributed by atoms with Gasteiger partial charge in [-0.15, -0.1) is 0 Å². The maximum Gasteiger partial charge on any atom is 0.335 e. The molecule has 0 bridgehead atoms. The number of nitrogens with zero attached hydrogens (tertiary/aromatic N) is 3. The van der Waals surface area contributed by atoms with Crippen molar-refractivity contribution in [3.63, 3.8) is 0 Å². The maximum absolute atomic E-state index is 14.7. The Bertz CT molecular complexity index is 1060. The highest BCUT2D eigenvalue weighted by Crippen LogP contribution is 2.23. The Morgan fingerprint density at radius 3 is 2.45 bits per heavy atom. The molecule has 2 heterocycles. The second-order valence-electron chi connectivity index (χ2n) is 8.04. The zero-order valence-electron chi connectivity index (χ0n) is 19.4. The smallest absolute Gasteiger partial charge is 0.335 e. The van der Waals surface area contributed by atoms with Crippen LogP contribution in [-0.2, 0) is 6.54 Å². The predicted octanol–water partition coefficient (Wildman–Crippen LogP) is 5.98. The Morgan fingerprint density at radius 2 is 1.82 bits per heavy atom. The summed E-state index contributed by atoms with van der Waals surface area (Å²) in [4.78, 5) is 22.0. The standard InChI is InChI=1S/C24H25FN4O2.C2H6/c1-16-9-12-29(13-10-16)15-19-6-7-20(14-21(19)25)27-24-26-11-8-22(28-24)17-2-4-18(5-3-17)23(30)31;1-2/h2-8,11,14,16H,9-10,12-13,15H2,1H3,(H,30,31)(H,26,27,28);1-2H3. The molecule has 1 fully saturated rings. The zero-order valence-corrected chi connectivity index (χ0v) is 19.4. The normalized spacial score (nSPS) is 14.3. The number of benzene rings is 2. The molecule has 0 amide bonds. The van der Waals surface area contributed by atoms with E-state index in [1.54, 1.807) is 24.4 Å². The number of anilines is 2. The van der Waals surface area contributed by atoms with Crippen molar-refractivity contribution < 1.29 is 14.3 Å². The molecule has 1 saturated heterocycles. The van der Waals surface area contributed by atoms with Crippen molar-refractivity contribution >= 4 is 17.6 Å². The summed E-state index contributed by atoms with van der Waals surface area (Å²) in [7, 11) is 0. The number of likely N-dealkylation sites (tertiary alicyclic amines) is 1. The summed E-state index contributed by atoms with van der Waals surface area (Å²) in [6.07, 6.45) is 3.93. The van der Waals surface area contributed by atoms with E-state index in [1.807, 2.05) is 26.0 Å². The number of rotatable bonds is 6. The van der Waals surface area contributed by atoms with Crippen molar-refractivity contribution in [2.45, 2.75) is 40.2 Å². The van der Waals surface area contributed by atoms with Gasteiger partial charge in [0.25, 0.3) is 0 Å². The number of aromatic nitrogens is 2. The zero-order chi connectivity index (χ0) is 23.8. The van der Waals surface area contributed by atoms with Crippen LogP contribution in [0.15, 0.2) is 54.7 Å². The van der Waals surface area contributed by atoms with Crippen LogP contribution in [0.5, 0.6) is 0 Å². The average molecular weight is 451 g/mol. The van der Waals surface area contributed by atoms with Crippen LogP contribution in [-0.4, -0.2) is 39.0 Å². The molecule has 1 aliphatic rings. The van der Waals surface area contributed by atoms with E-state index in [2.05, 4.69) is 27.1 Å². The summed E-state index contributed by atoms with van der Waals surface area (Å²) in [5.74, 6) is -0.128. The minimum absolute atomic E-state index is 0.214. The number of carboxylic acid groups (broad SMARTS) is 1. The highest BCUT2D eigenvalue weighted by molar-refractivity contribution is 5.88. The fraction of sp³-hybridized carbons (Fsp3) is 0.346. The molecule has 0 radical (unpaired) electrons. The Hall–Kier alpha value is -3.32. The van der Waals surface area contributed by atoms with Crippen LogP contribution in [0.4, 0.5) is 16.0 Å². The van der Waals surface area contributed by atoms with Crippen LogP contribution in [0.2, 0.25) is 0 Å². The minimum Gasteiger partial charge on any atom is -0.478 e. The van der Waals surface area contributed by atoms with Crippen molar-refractivity contribution in [1.29, 1.82) is 0 Å². The largest absolute Gasteiger partial charge is 0.478 e. The van der Waals surface area contributed by atoms with Gasteiger partial charge in [0.05, 0.1) is 11.3 Å². The van der Waals surface area contributed by atoms with Crippen molar-refractivity contribution in [2.75, 3.05) is 18.4 Å². The SMILES string of the molecule is CC.CC1CCN(Cc2ccc(Nc3nccc(-c4ccc(C(=O)O)cc4)n3)cc2F)CC1. The summed E-state index contributed by atoms with van der Waals surface area (Å²) < 4.78 is 14.7. The lowest BCUT2D eigenvalue weighted by molar-refractivity contribution is 0.0697. The van der Waals surface area contributed by atoms with Gasteiger partial charge in [-0.2, -0.15) is 0 Å². The highest BCUT2D eigenvalue weighted by atomic mass is 19.1. The summed E-state index contributed by atoms with van der Waals surface area (Å²) in [6, 6.07) is 13.3. The van der Waals surface area contributed by atoms with Gasteiger partial charge in [0, 0.05) is 29.6 Å². The Kier molecular flexibility index (Phi) is 8.49. The molecule has 3 aromatic rings. The number of halogens is 1. The molecule has 0 aliphatic carbocycles. The van der Waals surface area contributed by atoms with E-state index in [9.17, 15) is 9.18 Å². The second kappa shape index (κ2) is 11.5. The number of piperidine rings is 1. The van der Waals surface area contributed by atoms with Crippen LogP contribution in [0.25, 0.3) is 11.3 Å². The number of carboxylic acids is 1. The third-order valence-electron chi connectivity index (χ3n) is 5.66. The number of aromatic carboxylic acids is 1. The van der Waals surface area contributed by atoms with Gasteiger partial charge < -0.3 is 10.4 Å². The molecule has 1 aromatic heterocycles. The lowest BCUT2D eigenvalue weighted by Gasteiger charge is -2.30. The van der Waals surface area contributed by atoms with Gasteiger partial charge in [0.2, 0.25) is 5.95 Å². The molecule has 0 saturated carbocycles. The van der Waals surface area contributed by atoms with E-state index < -0.39 is 5.97 Å². The molecule has 6 nitrogen and oxygen atoms in total. The summed E-state index contributed by atoms with van der Waals surface area (Å²) in [5.41, 5.74) is 2.89. The lowest BCUT2D eigenvalue weighted by Crippen LogP contribution is -2.32. The van der Waals surface area contributed by atoms with Crippen molar-refractivity contribution in [1.82, 2.24) is 14.9 Å². The van der Waals surface area contributed by atoms with Crippen LogP contribution >= 0.6 is 0 Å². The molecule has 2 N–H and O–H groups in total. The van der Waals surface area contributed by atoms with Crippen molar-refractivity contribution in [3.05, 3.63) is 71.7 Å². The highest BCUT2D eigenvalue weighted by Gasteiger charge is 2.17. The van der Waals surface area contributed by atoms with Gasteiger partial charge in [-0.3, -0.25) is 4.90 Å². The topological polar surface area (TPSA) is 78.4 Å². The Labute approximate surface area is 194 Å². The van der Waals surface area contributed by atoms with Gasteiger partial charge >= 0.3 is 5.97 Å².